The Morgan fingerprint density at radius 3 is 2.29 bits per heavy atom. The number of alkyl halides is 2. The van der Waals surface area contributed by atoms with Crippen LogP contribution in [0.3, 0.4) is 0 Å². The number of pyridine rings is 1. The molecule has 3 N–H and O–H groups in total. The number of carbonyl (C=O) groups excluding carboxylic acids is 1. The smallest absolute Gasteiger partial charge is 0.257 e. The highest BCUT2D eigenvalue weighted by atomic mass is 32.2. The van der Waals surface area contributed by atoms with E-state index in [2.05, 4.69) is 25.0 Å². The van der Waals surface area contributed by atoms with E-state index in [1.807, 2.05) is 4.90 Å². The molecular formula is C27H33F2N7O4S. The van der Waals surface area contributed by atoms with Crippen LogP contribution in [-0.2, 0) is 10.0 Å². The van der Waals surface area contributed by atoms with Gasteiger partial charge in [0.1, 0.15) is 6.33 Å². The summed E-state index contributed by atoms with van der Waals surface area (Å²) in [6.07, 6.45) is 6.93. The molecule has 0 unspecified atom stereocenters. The molecule has 2 saturated heterocycles. The molecular weight excluding hydrogens is 556 g/mol. The van der Waals surface area contributed by atoms with Crippen molar-refractivity contribution >= 4 is 44.3 Å². The van der Waals surface area contributed by atoms with Gasteiger partial charge in [0.2, 0.25) is 10.0 Å². The zero-order chi connectivity index (χ0) is 28.8. The van der Waals surface area contributed by atoms with Crippen molar-refractivity contribution in [2.24, 2.45) is 5.41 Å². The van der Waals surface area contributed by atoms with Gasteiger partial charge in [-0.15, -0.1) is 0 Å². The van der Waals surface area contributed by atoms with E-state index in [4.69, 9.17) is 5.11 Å². The number of nitrogens with one attached hydrogen (secondary N) is 2. The van der Waals surface area contributed by atoms with Crippen LogP contribution in [0.1, 0.15) is 48.9 Å². The van der Waals surface area contributed by atoms with Gasteiger partial charge in [-0.05, 0) is 55.4 Å². The topological polar surface area (TPSA) is 132 Å². The number of aliphatic hydroxyl groups excluding tert-OH is 1. The number of fused-ring (bicyclic) bond motifs is 1. The highest BCUT2D eigenvalue weighted by Crippen LogP contribution is 2.54. The first-order chi connectivity index (χ1) is 19.6. The number of amides is 1. The van der Waals surface area contributed by atoms with Crippen LogP contribution >= 0.6 is 0 Å². The van der Waals surface area contributed by atoms with Gasteiger partial charge in [-0.3, -0.25) is 9.52 Å². The highest BCUT2D eigenvalue weighted by molar-refractivity contribution is 7.92. The van der Waals surface area contributed by atoms with E-state index in [0.717, 1.165) is 25.9 Å². The fourth-order valence-corrected chi connectivity index (χ4v) is 6.61. The Bertz CT molecular complexity index is 1550. The van der Waals surface area contributed by atoms with E-state index >= 15 is 0 Å². The van der Waals surface area contributed by atoms with Crippen molar-refractivity contribution in [2.75, 3.05) is 58.4 Å². The summed E-state index contributed by atoms with van der Waals surface area (Å²) >= 11 is 0. The molecule has 1 saturated carbocycles. The number of nitrogens with zero attached hydrogens (tertiary/aromatic N) is 5. The molecule has 3 aliphatic rings. The zero-order valence-electron chi connectivity index (χ0n) is 22.5. The number of sulfonamides is 1. The predicted molar refractivity (Wildman–Crippen MR) is 151 cm³/mol. The average molecular weight is 590 g/mol. The molecule has 2 aromatic heterocycles. The Labute approximate surface area is 236 Å². The number of rotatable bonds is 8. The van der Waals surface area contributed by atoms with E-state index in [9.17, 15) is 22.0 Å². The van der Waals surface area contributed by atoms with Crippen molar-refractivity contribution in [3.63, 3.8) is 0 Å². The van der Waals surface area contributed by atoms with E-state index in [1.54, 1.807) is 24.4 Å². The fourth-order valence-electron chi connectivity index (χ4n) is 5.78. The number of hydrogen-bond acceptors (Lipinski definition) is 8. The Morgan fingerprint density at radius 1 is 0.951 bits per heavy atom. The quantitative estimate of drug-likeness (QED) is 0.365. The number of anilines is 4. The van der Waals surface area contributed by atoms with Crippen LogP contribution in [0.15, 0.2) is 36.8 Å². The van der Waals surface area contributed by atoms with Crippen LogP contribution < -0.4 is 19.8 Å². The second-order valence-corrected chi connectivity index (χ2v) is 13.1. The Balaban J connectivity index is 1.29. The summed E-state index contributed by atoms with van der Waals surface area (Å²) in [6, 6.07) is 6.50. The first-order valence-electron chi connectivity index (χ1n) is 13.8. The highest BCUT2D eigenvalue weighted by Gasteiger charge is 2.44. The first kappa shape index (κ1) is 27.6. The molecule has 11 nitrogen and oxygen atoms in total. The molecule has 1 spiro atoms. The third kappa shape index (κ3) is 5.94. The average Bonchev–Trinajstić information content (AvgIpc) is 3.50. The minimum atomic E-state index is -3.75. The van der Waals surface area contributed by atoms with Crippen LogP contribution in [0, 0.1) is 5.41 Å². The lowest BCUT2D eigenvalue weighted by atomic mass is 9.93. The molecule has 3 fully saturated rings. The van der Waals surface area contributed by atoms with Gasteiger partial charge in [-0.1, -0.05) is 0 Å². The zero-order valence-corrected chi connectivity index (χ0v) is 23.3. The normalized spacial score (nSPS) is 19.9. The second-order valence-electron chi connectivity index (χ2n) is 11.3. The minimum Gasteiger partial charge on any atom is -0.395 e. The number of aliphatic hydroxyl groups is 1. The van der Waals surface area contributed by atoms with Crippen molar-refractivity contribution < 1.29 is 27.1 Å². The lowest BCUT2D eigenvalue weighted by Gasteiger charge is -2.35. The van der Waals surface area contributed by atoms with E-state index in [1.165, 1.54) is 29.8 Å². The maximum atomic E-state index is 13.8. The van der Waals surface area contributed by atoms with Gasteiger partial charge in [0.05, 0.1) is 46.9 Å². The van der Waals surface area contributed by atoms with Gasteiger partial charge in [0, 0.05) is 39.0 Å². The summed E-state index contributed by atoms with van der Waals surface area (Å²) in [4.78, 5) is 21.9. The SMILES string of the molecule is O=C(Nc1cc(N2CCC(F)(F)CC2)c2ncnn2c1)c1ccc(NS(=O)(=O)CCO)cc1N1CCC2(CC1)CC2. The number of aromatic nitrogens is 3. The molecule has 41 heavy (non-hydrogen) atoms. The molecule has 3 aromatic rings. The number of benzene rings is 1. The Kier molecular flexibility index (Phi) is 7.00. The summed E-state index contributed by atoms with van der Waals surface area (Å²) in [5, 5.41) is 16.2. The van der Waals surface area contributed by atoms with E-state index < -0.39 is 34.2 Å². The summed E-state index contributed by atoms with van der Waals surface area (Å²) < 4.78 is 56.2. The largest absolute Gasteiger partial charge is 0.395 e. The standard InChI is InChI=1S/C27H33F2N7O4S/c28-27(29)7-11-35(12-8-27)23-16-20(17-36-24(23)30-18-31-36)32-25(38)21-2-1-19(33-41(39,40)14-13-37)15-22(21)34-9-5-26(3-4-26)6-10-34/h1-2,15-18,33,37H,3-14H2,(H,32,38). The summed E-state index contributed by atoms with van der Waals surface area (Å²) in [7, 11) is -3.75. The summed E-state index contributed by atoms with van der Waals surface area (Å²) in [6.45, 7) is 1.31. The third-order valence-electron chi connectivity index (χ3n) is 8.45. The monoisotopic (exact) mass is 589 g/mol. The molecule has 0 bridgehead atoms. The molecule has 1 aliphatic carbocycles. The second kappa shape index (κ2) is 10.4. The number of piperidine rings is 2. The van der Waals surface area contributed by atoms with Gasteiger partial charge < -0.3 is 20.2 Å². The third-order valence-corrected chi connectivity index (χ3v) is 9.71. The number of hydrogen-bond donors (Lipinski definition) is 3. The van der Waals surface area contributed by atoms with Crippen molar-refractivity contribution in [3.8, 4) is 0 Å². The van der Waals surface area contributed by atoms with Crippen molar-refractivity contribution in [1.82, 2.24) is 14.6 Å². The van der Waals surface area contributed by atoms with Crippen molar-refractivity contribution in [1.29, 1.82) is 0 Å². The maximum Gasteiger partial charge on any atom is 0.257 e. The van der Waals surface area contributed by atoms with Crippen LogP contribution in [0.2, 0.25) is 0 Å². The Hall–Kier alpha value is -3.52. The Morgan fingerprint density at radius 2 is 1.61 bits per heavy atom. The molecule has 220 valence electrons. The summed E-state index contributed by atoms with van der Waals surface area (Å²) in [5.74, 6) is -3.53. The lowest BCUT2D eigenvalue weighted by molar-refractivity contribution is -0.0220. The van der Waals surface area contributed by atoms with Crippen LogP contribution in [0.4, 0.5) is 31.5 Å². The molecule has 1 aromatic carbocycles. The number of carbonyl (C=O) groups is 1. The molecule has 0 atom stereocenters. The summed E-state index contributed by atoms with van der Waals surface area (Å²) in [5.41, 5.74) is 3.24. The molecule has 4 heterocycles. The van der Waals surface area contributed by atoms with Gasteiger partial charge in [-0.2, -0.15) is 5.10 Å². The van der Waals surface area contributed by atoms with Crippen molar-refractivity contribution in [2.45, 2.75) is 44.4 Å². The fraction of sp³-hybridized carbons (Fsp3) is 0.519. The van der Waals surface area contributed by atoms with Crippen LogP contribution in [0.5, 0.6) is 0 Å². The van der Waals surface area contributed by atoms with Gasteiger partial charge >= 0.3 is 0 Å². The van der Waals surface area contributed by atoms with Crippen molar-refractivity contribution in [3.05, 3.63) is 42.4 Å². The minimum absolute atomic E-state index is 0.154. The van der Waals surface area contributed by atoms with Gasteiger partial charge in [-0.25, -0.2) is 26.7 Å². The molecule has 0 radical (unpaired) electrons. The van der Waals surface area contributed by atoms with Gasteiger partial charge in [0.25, 0.3) is 11.8 Å². The maximum absolute atomic E-state index is 13.8. The van der Waals surface area contributed by atoms with E-state index in [0.29, 0.717) is 39.4 Å². The molecule has 14 heteroatoms. The molecule has 2 aliphatic heterocycles. The first-order valence-corrected chi connectivity index (χ1v) is 15.5. The van der Waals surface area contributed by atoms with Crippen LogP contribution in [-0.4, -0.2) is 78.5 Å². The molecule has 6 rings (SSSR count). The van der Waals surface area contributed by atoms with Gasteiger partial charge in [0.15, 0.2) is 5.65 Å². The predicted octanol–water partition coefficient (Wildman–Crippen LogP) is 3.33. The lowest BCUT2D eigenvalue weighted by Crippen LogP contribution is -2.39. The number of halogens is 2. The van der Waals surface area contributed by atoms with E-state index in [-0.39, 0.29) is 25.9 Å². The van der Waals surface area contributed by atoms with Crippen LogP contribution in [0.25, 0.3) is 5.65 Å². The molecule has 1 amide bonds.